The molecule has 0 aliphatic carbocycles. The third kappa shape index (κ3) is 7.41. The molecule has 12 heteroatoms. The van der Waals surface area contributed by atoms with E-state index in [1.807, 2.05) is 6.07 Å². The highest BCUT2D eigenvalue weighted by molar-refractivity contribution is 7.89. The number of hydrogen-bond donors (Lipinski definition) is 2. The number of carbonyl (C=O) groups excluding carboxylic acids is 1. The van der Waals surface area contributed by atoms with Gasteiger partial charge in [-0.1, -0.05) is 40.9 Å². The van der Waals surface area contributed by atoms with Crippen molar-refractivity contribution in [1.29, 1.82) is 0 Å². The molecule has 3 aromatic rings. The Morgan fingerprint density at radius 2 is 1.53 bits per heavy atom. The van der Waals surface area contributed by atoms with E-state index in [0.29, 0.717) is 29.4 Å². The fourth-order valence-corrected chi connectivity index (χ4v) is 4.74. The van der Waals surface area contributed by atoms with Crippen LogP contribution in [0.5, 0.6) is 17.2 Å². The zero-order valence-electron chi connectivity index (χ0n) is 19.3. The van der Waals surface area contributed by atoms with Crippen molar-refractivity contribution in [2.75, 3.05) is 32.7 Å². The molecule has 0 saturated heterocycles. The summed E-state index contributed by atoms with van der Waals surface area (Å²) in [7, 11) is -0.656. The van der Waals surface area contributed by atoms with Crippen LogP contribution in [0.3, 0.4) is 0 Å². The number of halogens is 3. The molecule has 2 N–H and O–H groups in total. The minimum absolute atomic E-state index is 0.0641. The molecular formula is C24H23Cl3N2O6S. The van der Waals surface area contributed by atoms with Crippen molar-refractivity contribution in [2.24, 2.45) is 0 Å². The van der Waals surface area contributed by atoms with Crippen LogP contribution >= 0.6 is 34.8 Å². The fraction of sp³-hybridized carbons (Fsp3) is 0.208. The molecule has 8 nitrogen and oxygen atoms in total. The third-order valence-corrected chi connectivity index (χ3v) is 7.45. The second kappa shape index (κ2) is 12.5. The molecule has 3 aromatic carbocycles. The van der Waals surface area contributed by atoms with Crippen LogP contribution in [0.1, 0.15) is 5.56 Å². The van der Waals surface area contributed by atoms with Gasteiger partial charge in [0, 0.05) is 6.54 Å². The van der Waals surface area contributed by atoms with Gasteiger partial charge >= 0.3 is 0 Å². The molecule has 0 fully saturated rings. The summed E-state index contributed by atoms with van der Waals surface area (Å²) < 4.78 is 43.7. The van der Waals surface area contributed by atoms with Gasteiger partial charge in [-0.2, -0.15) is 0 Å². The number of sulfonamides is 1. The van der Waals surface area contributed by atoms with Crippen molar-refractivity contribution in [3.63, 3.8) is 0 Å². The van der Waals surface area contributed by atoms with Crippen LogP contribution in [-0.4, -0.2) is 41.7 Å². The summed E-state index contributed by atoms with van der Waals surface area (Å²) in [4.78, 5) is 12.2. The molecule has 0 aliphatic heterocycles. The molecule has 3 rings (SSSR count). The number of benzene rings is 3. The molecule has 0 unspecified atom stereocenters. The monoisotopic (exact) mass is 572 g/mol. The van der Waals surface area contributed by atoms with Crippen LogP contribution in [0.15, 0.2) is 59.5 Å². The van der Waals surface area contributed by atoms with E-state index in [4.69, 9.17) is 49.0 Å². The molecule has 192 valence electrons. The van der Waals surface area contributed by atoms with Gasteiger partial charge in [0.1, 0.15) is 5.75 Å². The average molecular weight is 574 g/mol. The first-order chi connectivity index (χ1) is 17.1. The Balaban J connectivity index is 1.52. The molecule has 0 atom stereocenters. The predicted octanol–water partition coefficient (Wildman–Crippen LogP) is 5.20. The summed E-state index contributed by atoms with van der Waals surface area (Å²) in [6.45, 7) is -0.139. The molecule has 36 heavy (non-hydrogen) atoms. The quantitative estimate of drug-likeness (QED) is 0.306. The second-order valence-electron chi connectivity index (χ2n) is 7.39. The Labute approximate surface area is 224 Å². The number of nitrogens with one attached hydrogen (secondary N) is 2. The van der Waals surface area contributed by atoms with Crippen LogP contribution in [0.2, 0.25) is 15.1 Å². The van der Waals surface area contributed by atoms with Gasteiger partial charge in [-0.25, -0.2) is 13.1 Å². The summed E-state index contributed by atoms with van der Waals surface area (Å²) in [5.41, 5.74) is 1.18. The van der Waals surface area contributed by atoms with Crippen molar-refractivity contribution >= 4 is 56.4 Å². The highest BCUT2D eigenvalue weighted by Gasteiger charge is 2.15. The maximum atomic E-state index is 12.6. The fourth-order valence-electron chi connectivity index (χ4n) is 3.12. The minimum atomic E-state index is -3.74. The Hall–Kier alpha value is -2.69. The number of rotatable bonds is 11. The van der Waals surface area contributed by atoms with Gasteiger partial charge in [0.2, 0.25) is 10.0 Å². The lowest BCUT2D eigenvalue weighted by molar-refractivity contribution is -0.118. The van der Waals surface area contributed by atoms with Crippen molar-refractivity contribution in [1.82, 2.24) is 4.72 Å². The largest absolute Gasteiger partial charge is 0.493 e. The van der Waals surface area contributed by atoms with Gasteiger partial charge in [-0.15, -0.1) is 0 Å². The van der Waals surface area contributed by atoms with E-state index in [2.05, 4.69) is 10.0 Å². The first kappa shape index (κ1) is 27.9. The molecule has 0 bridgehead atoms. The maximum Gasteiger partial charge on any atom is 0.262 e. The highest BCUT2D eigenvalue weighted by Crippen LogP contribution is 2.32. The summed E-state index contributed by atoms with van der Waals surface area (Å²) in [6, 6.07) is 14.0. The highest BCUT2D eigenvalue weighted by atomic mass is 35.5. The standard InChI is InChI=1S/C24H23Cl3N2O6S/c1-33-22-8-3-15(11-23(22)34-2)9-10-28-36(31,32)17-6-4-16(5-7-17)35-14-24(30)29-21-13-19(26)18(25)12-20(21)27/h3-8,11-13,28H,9-10,14H2,1-2H3,(H,29,30). The van der Waals surface area contributed by atoms with E-state index >= 15 is 0 Å². The van der Waals surface area contributed by atoms with Gasteiger partial charge < -0.3 is 19.5 Å². The summed E-state index contributed by atoms with van der Waals surface area (Å²) >= 11 is 17.9. The normalized spacial score (nSPS) is 11.1. The SMILES string of the molecule is COc1ccc(CCNS(=O)(=O)c2ccc(OCC(=O)Nc3cc(Cl)c(Cl)cc3Cl)cc2)cc1OC. The molecule has 0 saturated carbocycles. The number of anilines is 1. The number of amides is 1. The number of carbonyl (C=O) groups is 1. The average Bonchev–Trinajstić information content (AvgIpc) is 2.86. The van der Waals surface area contributed by atoms with Gasteiger partial charge in [0.15, 0.2) is 18.1 Å². The lowest BCUT2D eigenvalue weighted by Gasteiger charge is -2.11. The molecule has 0 radical (unpaired) electrons. The first-order valence-corrected chi connectivity index (χ1v) is 13.1. The van der Waals surface area contributed by atoms with E-state index in [0.717, 1.165) is 5.56 Å². The summed E-state index contributed by atoms with van der Waals surface area (Å²) in [6.07, 6.45) is 0.457. The van der Waals surface area contributed by atoms with Crippen LogP contribution in [0.4, 0.5) is 5.69 Å². The van der Waals surface area contributed by atoms with Crippen molar-refractivity contribution < 1.29 is 27.4 Å². The summed E-state index contributed by atoms with van der Waals surface area (Å²) in [5, 5.41) is 3.31. The van der Waals surface area contributed by atoms with Gasteiger partial charge in [0.25, 0.3) is 5.91 Å². The molecular weight excluding hydrogens is 551 g/mol. The van der Waals surface area contributed by atoms with E-state index < -0.39 is 15.9 Å². The smallest absolute Gasteiger partial charge is 0.262 e. The van der Waals surface area contributed by atoms with Crippen LogP contribution < -0.4 is 24.2 Å². The summed E-state index contributed by atoms with van der Waals surface area (Å²) in [5.74, 6) is 1.00. The van der Waals surface area contributed by atoms with Crippen molar-refractivity contribution in [3.8, 4) is 17.2 Å². The lowest BCUT2D eigenvalue weighted by Crippen LogP contribution is -2.26. The minimum Gasteiger partial charge on any atom is -0.493 e. The Morgan fingerprint density at radius 3 is 2.19 bits per heavy atom. The van der Waals surface area contributed by atoms with E-state index in [9.17, 15) is 13.2 Å². The van der Waals surface area contributed by atoms with E-state index in [1.165, 1.54) is 43.5 Å². The van der Waals surface area contributed by atoms with Gasteiger partial charge in [0.05, 0.1) is 39.9 Å². The van der Waals surface area contributed by atoms with Crippen LogP contribution in [-0.2, 0) is 21.2 Å². The molecule has 0 heterocycles. The topological polar surface area (TPSA) is 103 Å². The molecule has 1 amide bonds. The predicted molar refractivity (Wildman–Crippen MR) is 140 cm³/mol. The van der Waals surface area contributed by atoms with Crippen LogP contribution in [0, 0.1) is 0 Å². The Kier molecular flexibility index (Phi) is 9.69. The first-order valence-electron chi connectivity index (χ1n) is 10.5. The van der Waals surface area contributed by atoms with Crippen molar-refractivity contribution in [3.05, 3.63) is 75.2 Å². The maximum absolute atomic E-state index is 12.6. The number of hydrogen-bond acceptors (Lipinski definition) is 6. The van der Waals surface area contributed by atoms with E-state index in [-0.39, 0.29) is 33.1 Å². The van der Waals surface area contributed by atoms with Gasteiger partial charge in [-0.3, -0.25) is 4.79 Å². The second-order valence-corrected chi connectivity index (χ2v) is 10.4. The number of methoxy groups -OCH3 is 2. The third-order valence-electron chi connectivity index (χ3n) is 4.94. The number of ether oxygens (including phenoxy) is 3. The molecule has 0 spiro atoms. The molecule has 0 aromatic heterocycles. The lowest BCUT2D eigenvalue weighted by atomic mass is 10.1. The van der Waals surface area contributed by atoms with E-state index in [1.54, 1.807) is 19.2 Å². The zero-order chi connectivity index (χ0) is 26.3. The Bertz CT molecular complexity index is 1330. The van der Waals surface area contributed by atoms with Gasteiger partial charge in [-0.05, 0) is 60.5 Å². The molecule has 0 aliphatic rings. The van der Waals surface area contributed by atoms with Crippen LogP contribution in [0.25, 0.3) is 0 Å². The van der Waals surface area contributed by atoms with Crippen molar-refractivity contribution in [2.45, 2.75) is 11.3 Å². The zero-order valence-corrected chi connectivity index (χ0v) is 22.4. The Morgan fingerprint density at radius 1 is 0.861 bits per heavy atom.